The summed E-state index contributed by atoms with van der Waals surface area (Å²) in [7, 11) is -4.07. The maximum atomic E-state index is 13.9. The van der Waals surface area contributed by atoms with Crippen molar-refractivity contribution >= 4 is 30.6 Å². The van der Waals surface area contributed by atoms with E-state index in [0.717, 1.165) is 17.3 Å². The minimum absolute atomic E-state index is 0.108. The van der Waals surface area contributed by atoms with E-state index >= 15 is 0 Å². The van der Waals surface area contributed by atoms with Crippen LogP contribution in [0.25, 0.3) is 0 Å². The Kier molecular flexibility index (Phi) is 11.0. The highest BCUT2D eigenvalue weighted by Crippen LogP contribution is 2.63. The lowest BCUT2D eigenvalue weighted by Gasteiger charge is -2.27. The Bertz CT molecular complexity index is 1530. The van der Waals surface area contributed by atoms with Gasteiger partial charge in [0, 0.05) is 30.5 Å². The van der Waals surface area contributed by atoms with E-state index in [-0.39, 0.29) is 36.5 Å². The number of fused-ring (bicyclic) bond motifs is 1. The zero-order chi connectivity index (χ0) is 33.2. The van der Waals surface area contributed by atoms with Crippen molar-refractivity contribution in [3.63, 3.8) is 0 Å². The molecule has 0 bridgehead atoms. The van der Waals surface area contributed by atoms with Gasteiger partial charge in [0.25, 0.3) is 5.56 Å². The molecule has 4 rings (SSSR count). The standard InChI is InChI=1S/C29H41N4O10PS/c1-17(2)21(30)25(35)40-16-28(4,5)26(36)45-14-13-41-44(39,31-15-19-9-7-6-8-10-19)43-23-22-29(23,38)18(3)24(42-22)33-12-11-20(34)32-27(33)37/h6-12,17-18,21-24,38H,13-16,30H2,1-5H3,(H,31,39)(H,32,34,37)/t18-,21?,22-,23+,24-,29+,44?/m1/s1. The van der Waals surface area contributed by atoms with Crippen LogP contribution in [-0.2, 0) is 39.2 Å². The van der Waals surface area contributed by atoms with Crippen LogP contribution < -0.4 is 22.1 Å². The van der Waals surface area contributed by atoms with Crippen LogP contribution in [0, 0.1) is 17.3 Å². The van der Waals surface area contributed by atoms with Gasteiger partial charge in [0.15, 0.2) is 5.12 Å². The predicted molar refractivity (Wildman–Crippen MR) is 166 cm³/mol. The maximum Gasteiger partial charge on any atom is 0.406 e. The average Bonchev–Trinajstić information content (AvgIpc) is 3.45. The number of ether oxygens (including phenoxy) is 2. The summed E-state index contributed by atoms with van der Waals surface area (Å²) in [6, 6.07) is 9.53. The van der Waals surface area contributed by atoms with Crippen LogP contribution in [-0.4, -0.2) is 68.6 Å². The van der Waals surface area contributed by atoms with Crippen molar-refractivity contribution < 1.29 is 37.8 Å². The third-order valence-electron chi connectivity index (χ3n) is 7.91. The van der Waals surface area contributed by atoms with Crippen LogP contribution in [0.5, 0.6) is 0 Å². The van der Waals surface area contributed by atoms with Gasteiger partial charge in [-0.1, -0.05) is 62.9 Å². The highest BCUT2D eigenvalue weighted by molar-refractivity contribution is 8.13. The fraction of sp³-hybridized carbons (Fsp3) is 0.586. The van der Waals surface area contributed by atoms with E-state index in [0.29, 0.717) is 0 Å². The molecule has 1 aromatic carbocycles. The van der Waals surface area contributed by atoms with Crippen LogP contribution in [0.3, 0.4) is 0 Å². The number of thioether (sulfide) groups is 1. The minimum Gasteiger partial charge on any atom is -0.463 e. The monoisotopic (exact) mass is 668 g/mol. The molecule has 0 spiro atoms. The Morgan fingerprint density at radius 1 is 1.24 bits per heavy atom. The number of H-pyrrole nitrogens is 1. The summed E-state index contributed by atoms with van der Waals surface area (Å²) >= 11 is 0.933. The largest absolute Gasteiger partial charge is 0.463 e. The molecule has 14 nitrogen and oxygen atoms in total. The van der Waals surface area contributed by atoms with Crippen LogP contribution in [0.2, 0.25) is 0 Å². The van der Waals surface area contributed by atoms with Crippen molar-refractivity contribution in [3.05, 3.63) is 69.0 Å². The van der Waals surface area contributed by atoms with Gasteiger partial charge in [-0.05, 0) is 25.3 Å². The third-order valence-corrected chi connectivity index (χ3v) is 10.7. The summed E-state index contributed by atoms with van der Waals surface area (Å²) < 4.78 is 37.8. The number of hydrogen-bond donors (Lipinski definition) is 4. The quantitative estimate of drug-likeness (QED) is 0.122. The first-order chi connectivity index (χ1) is 21.1. The van der Waals surface area contributed by atoms with Crippen molar-refractivity contribution in [3.8, 4) is 0 Å². The smallest absolute Gasteiger partial charge is 0.406 e. The third kappa shape index (κ3) is 8.03. The number of aromatic amines is 1. The average molecular weight is 669 g/mol. The van der Waals surface area contributed by atoms with Gasteiger partial charge in [-0.3, -0.25) is 33.0 Å². The summed E-state index contributed by atoms with van der Waals surface area (Å²) in [5.74, 6) is -1.24. The molecule has 2 aliphatic rings. The number of rotatable bonds is 15. The van der Waals surface area contributed by atoms with E-state index < -0.39 is 66.4 Å². The Balaban J connectivity index is 1.36. The molecule has 2 aromatic rings. The van der Waals surface area contributed by atoms with E-state index in [1.54, 1.807) is 34.6 Å². The van der Waals surface area contributed by atoms with E-state index in [2.05, 4.69) is 10.1 Å². The van der Waals surface area contributed by atoms with Crippen molar-refractivity contribution in [2.24, 2.45) is 23.0 Å². The van der Waals surface area contributed by atoms with Crippen molar-refractivity contribution in [2.75, 3.05) is 19.0 Å². The topological polar surface area (TPSA) is 201 Å². The molecule has 0 amide bonds. The fourth-order valence-electron chi connectivity index (χ4n) is 4.81. The zero-order valence-electron chi connectivity index (χ0n) is 25.8. The molecule has 2 unspecified atom stereocenters. The summed E-state index contributed by atoms with van der Waals surface area (Å²) in [5, 5.41) is 13.9. The molecule has 1 aromatic heterocycles. The highest BCUT2D eigenvalue weighted by atomic mass is 32.2. The molecule has 0 radical (unpaired) electrons. The number of aromatic nitrogens is 2. The van der Waals surface area contributed by atoms with E-state index in [1.807, 2.05) is 30.3 Å². The normalized spacial score (nSPS) is 26.2. The second kappa shape index (κ2) is 14.0. The predicted octanol–water partition coefficient (Wildman–Crippen LogP) is 1.93. The molecule has 7 atom stereocenters. The number of carbonyl (C=O) groups is 2. The van der Waals surface area contributed by atoms with Crippen LogP contribution in [0.1, 0.15) is 46.4 Å². The molecular weight excluding hydrogens is 627 g/mol. The molecule has 1 aliphatic carbocycles. The lowest BCUT2D eigenvalue weighted by Crippen LogP contribution is -2.39. The lowest BCUT2D eigenvalue weighted by atomic mass is 9.97. The van der Waals surface area contributed by atoms with Gasteiger partial charge in [-0.2, -0.15) is 0 Å². The number of nitrogens with two attached hydrogens (primary N) is 1. The highest BCUT2D eigenvalue weighted by Gasteiger charge is 2.77. The molecule has 2 heterocycles. The molecule has 1 saturated carbocycles. The Morgan fingerprint density at radius 3 is 2.53 bits per heavy atom. The number of carbonyl (C=O) groups excluding carboxylic acids is 2. The zero-order valence-corrected chi connectivity index (χ0v) is 27.5. The fourth-order valence-corrected chi connectivity index (χ4v) is 7.25. The molecule has 16 heteroatoms. The molecular formula is C29H41N4O10PS. The van der Waals surface area contributed by atoms with Gasteiger partial charge in [0.2, 0.25) is 0 Å². The van der Waals surface area contributed by atoms with Crippen LogP contribution in [0.4, 0.5) is 0 Å². The van der Waals surface area contributed by atoms with E-state index in [9.17, 15) is 28.8 Å². The number of hydrogen-bond acceptors (Lipinski definition) is 12. The Morgan fingerprint density at radius 2 is 1.93 bits per heavy atom. The van der Waals surface area contributed by atoms with Crippen molar-refractivity contribution in [1.82, 2.24) is 14.6 Å². The number of nitrogens with one attached hydrogen (secondary N) is 2. The van der Waals surface area contributed by atoms with Gasteiger partial charge in [0.1, 0.15) is 36.7 Å². The first-order valence-electron chi connectivity index (χ1n) is 14.6. The summed E-state index contributed by atoms with van der Waals surface area (Å²) in [5.41, 5.74) is 2.80. The number of benzene rings is 1. The molecule has 2 fully saturated rings. The van der Waals surface area contributed by atoms with Gasteiger partial charge >= 0.3 is 19.4 Å². The first kappa shape index (κ1) is 35.2. The van der Waals surface area contributed by atoms with E-state index in [1.165, 1.54) is 16.8 Å². The minimum atomic E-state index is -4.07. The number of esters is 1. The molecule has 45 heavy (non-hydrogen) atoms. The first-order valence-corrected chi connectivity index (χ1v) is 17.1. The summed E-state index contributed by atoms with van der Waals surface area (Å²) in [4.78, 5) is 50.9. The van der Waals surface area contributed by atoms with Crippen LogP contribution in [0.15, 0.2) is 52.2 Å². The SMILES string of the molecule is CC(C)C(N)C(=O)OCC(C)(C)C(=O)SCCOP(=O)(NCc1ccccc1)O[C@H]1[C@H]2O[C@@H](n3ccc(=O)[nH]c3=O)[C@@H](C)[C@]21O. The molecule has 5 N–H and O–H groups in total. The molecule has 1 aliphatic heterocycles. The van der Waals surface area contributed by atoms with Gasteiger partial charge in [-0.25, -0.2) is 14.4 Å². The van der Waals surface area contributed by atoms with Crippen molar-refractivity contribution in [2.45, 2.75) is 71.2 Å². The summed E-state index contributed by atoms with van der Waals surface area (Å²) in [6.45, 7) is 8.38. The number of nitrogens with zero attached hydrogens (tertiary/aromatic N) is 1. The Hall–Kier alpha value is -2.62. The van der Waals surface area contributed by atoms with Gasteiger partial charge in [0.05, 0.1) is 12.0 Å². The summed E-state index contributed by atoms with van der Waals surface area (Å²) in [6.07, 6.45) is -1.54. The van der Waals surface area contributed by atoms with Gasteiger partial charge in [-0.15, -0.1) is 0 Å². The lowest BCUT2D eigenvalue weighted by molar-refractivity contribution is -0.150. The Labute approximate surface area is 264 Å². The van der Waals surface area contributed by atoms with Crippen LogP contribution >= 0.6 is 19.5 Å². The second-order valence-corrected chi connectivity index (χ2v) is 15.1. The second-order valence-electron chi connectivity index (χ2n) is 12.2. The molecule has 1 saturated heterocycles. The van der Waals surface area contributed by atoms with E-state index in [4.69, 9.17) is 24.3 Å². The maximum absolute atomic E-state index is 13.9. The molecule has 248 valence electrons. The van der Waals surface area contributed by atoms with Crippen molar-refractivity contribution in [1.29, 1.82) is 0 Å². The van der Waals surface area contributed by atoms with Gasteiger partial charge < -0.3 is 20.3 Å². The number of aliphatic hydroxyl groups is 1.